The number of alkyl halides is 3. The van der Waals surface area contributed by atoms with Gasteiger partial charge in [0.05, 0.1) is 6.21 Å². The van der Waals surface area contributed by atoms with Crippen LogP contribution in [-0.4, -0.2) is 16.4 Å². The highest BCUT2D eigenvalue weighted by Gasteiger charge is 2.32. The van der Waals surface area contributed by atoms with Gasteiger partial charge in [-0.25, -0.2) is 4.98 Å². The number of rotatable bonds is 6. The van der Waals surface area contributed by atoms with Crippen LogP contribution in [0.2, 0.25) is 0 Å². The quantitative estimate of drug-likeness (QED) is 0.320. The molecule has 2 aromatic carbocycles. The molecule has 154 valence electrons. The molecule has 1 heterocycles. The maximum Gasteiger partial charge on any atom is 0.433 e. The van der Waals surface area contributed by atoms with E-state index < -0.39 is 11.9 Å². The molecule has 0 saturated carbocycles. The van der Waals surface area contributed by atoms with E-state index in [1.54, 1.807) is 24.3 Å². The van der Waals surface area contributed by atoms with Crippen LogP contribution >= 0.6 is 11.8 Å². The molecule has 2 N–H and O–H groups in total. The van der Waals surface area contributed by atoms with E-state index in [-0.39, 0.29) is 5.88 Å². The predicted molar refractivity (Wildman–Crippen MR) is 113 cm³/mol. The summed E-state index contributed by atoms with van der Waals surface area (Å²) in [4.78, 5) is 3.46. The van der Waals surface area contributed by atoms with Crippen LogP contribution in [0.3, 0.4) is 0 Å². The Morgan fingerprint density at radius 2 is 1.73 bits per heavy atom. The van der Waals surface area contributed by atoms with Crippen molar-refractivity contribution in [1.29, 1.82) is 0 Å². The van der Waals surface area contributed by atoms with Crippen molar-refractivity contribution in [2.24, 2.45) is 15.9 Å². The maximum atomic E-state index is 12.7. The lowest BCUT2D eigenvalue weighted by atomic mass is 10.2. The molecule has 0 saturated heterocycles. The fraction of sp³-hybridized carbons (Fsp3) is 0.0952. The van der Waals surface area contributed by atoms with Gasteiger partial charge in [-0.15, -0.1) is 5.10 Å². The highest BCUT2D eigenvalue weighted by Crippen LogP contribution is 2.29. The van der Waals surface area contributed by atoms with Gasteiger partial charge in [0.15, 0.2) is 5.17 Å². The van der Waals surface area contributed by atoms with Gasteiger partial charge in [-0.3, -0.25) is 0 Å². The minimum absolute atomic E-state index is 0.140. The topological polar surface area (TPSA) is 72.9 Å². The lowest BCUT2D eigenvalue weighted by Gasteiger charge is -2.08. The fourth-order valence-corrected chi connectivity index (χ4v) is 2.90. The first-order valence-corrected chi connectivity index (χ1v) is 9.74. The summed E-state index contributed by atoms with van der Waals surface area (Å²) in [5.41, 5.74) is 6.68. The number of pyridine rings is 1. The Hall–Kier alpha value is -3.33. The van der Waals surface area contributed by atoms with Crippen LogP contribution in [0.15, 0.2) is 83.0 Å². The molecular weight excluding hydrogens is 413 g/mol. The largest absolute Gasteiger partial charge is 0.439 e. The van der Waals surface area contributed by atoms with Crippen molar-refractivity contribution in [2.75, 3.05) is 0 Å². The Morgan fingerprint density at radius 1 is 1.00 bits per heavy atom. The van der Waals surface area contributed by atoms with Crippen LogP contribution in [-0.2, 0) is 11.9 Å². The molecule has 0 spiro atoms. The molecule has 0 atom stereocenters. The zero-order chi connectivity index (χ0) is 21.4. The molecule has 5 nitrogen and oxygen atoms in total. The molecule has 3 rings (SSSR count). The van der Waals surface area contributed by atoms with E-state index in [0.29, 0.717) is 16.7 Å². The lowest BCUT2D eigenvalue weighted by Crippen LogP contribution is -2.07. The highest BCUT2D eigenvalue weighted by molar-refractivity contribution is 8.13. The molecule has 1 aromatic heterocycles. The zero-order valence-electron chi connectivity index (χ0n) is 15.6. The van der Waals surface area contributed by atoms with Crippen molar-refractivity contribution in [3.05, 3.63) is 89.6 Å². The van der Waals surface area contributed by atoms with E-state index >= 15 is 0 Å². The second-order valence-corrected chi connectivity index (χ2v) is 6.98. The van der Waals surface area contributed by atoms with Crippen LogP contribution in [0.25, 0.3) is 0 Å². The van der Waals surface area contributed by atoms with Crippen LogP contribution in [0, 0.1) is 0 Å². The van der Waals surface area contributed by atoms with Crippen LogP contribution in [0.5, 0.6) is 11.6 Å². The number of hydrogen-bond donors (Lipinski definition) is 1. The van der Waals surface area contributed by atoms with Crippen molar-refractivity contribution in [1.82, 2.24) is 4.98 Å². The van der Waals surface area contributed by atoms with Crippen LogP contribution < -0.4 is 10.5 Å². The Morgan fingerprint density at radius 3 is 2.43 bits per heavy atom. The number of aromatic nitrogens is 1. The van der Waals surface area contributed by atoms with E-state index in [1.165, 1.54) is 30.1 Å². The number of nitrogens with zero attached hydrogens (tertiary/aromatic N) is 3. The molecule has 0 fully saturated rings. The van der Waals surface area contributed by atoms with Crippen molar-refractivity contribution in [3.8, 4) is 11.6 Å². The summed E-state index contributed by atoms with van der Waals surface area (Å²) in [5, 5.41) is 8.22. The Kier molecular flexibility index (Phi) is 7.08. The molecule has 0 bridgehead atoms. The molecule has 0 amide bonds. The Balaban J connectivity index is 1.55. The summed E-state index contributed by atoms with van der Waals surface area (Å²) in [6.07, 6.45) is -3.01. The molecular formula is C21H17F3N4OS. The fourth-order valence-electron chi connectivity index (χ4n) is 2.29. The summed E-state index contributed by atoms with van der Waals surface area (Å²) in [6.45, 7) is 0. The first-order chi connectivity index (χ1) is 14.4. The average Bonchev–Trinajstić information content (AvgIpc) is 2.74. The smallest absolute Gasteiger partial charge is 0.433 e. The minimum Gasteiger partial charge on any atom is -0.439 e. The molecule has 0 aliphatic rings. The number of amidine groups is 1. The zero-order valence-corrected chi connectivity index (χ0v) is 16.4. The van der Waals surface area contributed by atoms with Crippen LogP contribution in [0.4, 0.5) is 13.2 Å². The summed E-state index contributed by atoms with van der Waals surface area (Å²) >= 11 is 1.38. The number of benzene rings is 2. The van der Waals surface area contributed by atoms with E-state index in [4.69, 9.17) is 10.5 Å². The number of nitrogens with two attached hydrogens (primary N) is 1. The molecule has 0 aliphatic carbocycles. The maximum absolute atomic E-state index is 12.7. The molecule has 0 radical (unpaired) electrons. The van der Waals surface area contributed by atoms with Crippen molar-refractivity contribution in [2.45, 2.75) is 11.9 Å². The van der Waals surface area contributed by atoms with Gasteiger partial charge >= 0.3 is 6.18 Å². The molecule has 0 aliphatic heterocycles. The number of thioether (sulfide) groups is 1. The van der Waals surface area contributed by atoms with Gasteiger partial charge in [-0.2, -0.15) is 18.3 Å². The normalized spacial score (nSPS) is 12.3. The minimum atomic E-state index is -4.53. The van der Waals surface area contributed by atoms with E-state index in [0.717, 1.165) is 17.2 Å². The second-order valence-electron chi connectivity index (χ2n) is 5.99. The second kappa shape index (κ2) is 9.93. The van der Waals surface area contributed by atoms with Gasteiger partial charge in [-0.05, 0) is 41.5 Å². The summed E-state index contributed by atoms with van der Waals surface area (Å²) in [6, 6.07) is 19.9. The number of ether oxygens (including phenoxy) is 1. The third-order valence-electron chi connectivity index (χ3n) is 3.71. The van der Waals surface area contributed by atoms with Gasteiger partial charge < -0.3 is 10.5 Å². The molecule has 30 heavy (non-hydrogen) atoms. The first kappa shape index (κ1) is 21.4. The van der Waals surface area contributed by atoms with E-state index in [9.17, 15) is 13.2 Å². The molecule has 0 unspecified atom stereocenters. The first-order valence-electron chi connectivity index (χ1n) is 8.75. The van der Waals surface area contributed by atoms with Crippen molar-refractivity contribution in [3.63, 3.8) is 0 Å². The van der Waals surface area contributed by atoms with Gasteiger partial charge in [0.25, 0.3) is 0 Å². The highest BCUT2D eigenvalue weighted by atomic mass is 32.2. The summed E-state index contributed by atoms with van der Waals surface area (Å²) < 4.78 is 43.5. The van der Waals surface area contributed by atoms with Crippen LogP contribution in [0.1, 0.15) is 16.8 Å². The van der Waals surface area contributed by atoms with Gasteiger partial charge in [0, 0.05) is 11.8 Å². The standard InChI is InChI=1S/C21H17F3N4OS/c22-21(23,24)18-7-4-8-19(27-18)29-17-11-9-15(10-12-17)13-26-28-20(25)30-14-16-5-2-1-3-6-16/h1-13H,14H2,(H2,25,28). The number of halogens is 3. The van der Waals surface area contributed by atoms with E-state index in [1.807, 2.05) is 30.3 Å². The van der Waals surface area contributed by atoms with Gasteiger partial charge in [-0.1, -0.05) is 48.2 Å². The Bertz CT molecular complexity index is 1020. The third kappa shape index (κ3) is 6.63. The number of hydrogen-bond acceptors (Lipinski definition) is 5. The van der Waals surface area contributed by atoms with Crippen molar-refractivity contribution < 1.29 is 17.9 Å². The van der Waals surface area contributed by atoms with Crippen molar-refractivity contribution >= 4 is 23.1 Å². The molecule has 9 heteroatoms. The predicted octanol–water partition coefficient (Wildman–Crippen LogP) is 5.47. The monoisotopic (exact) mass is 430 g/mol. The van der Waals surface area contributed by atoms with Gasteiger partial charge in [0.1, 0.15) is 11.4 Å². The summed E-state index contributed by atoms with van der Waals surface area (Å²) in [7, 11) is 0. The summed E-state index contributed by atoms with van der Waals surface area (Å²) in [5.74, 6) is 0.904. The third-order valence-corrected chi connectivity index (χ3v) is 4.56. The van der Waals surface area contributed by atoms with Gasteiger partial charge in [0.2, 0.25) is 5.88 Å². The Labute approximate surface area is 175 Å². The SMILES string of the molecule is NC(=NN=Cc1ccc(Oc2cccc(C(F)(F)F)n2)cc1)SCc1ccccc1. The van der Waals surface area contributed by atoms with E-state index in [2.05, 4.69) is 15.2 Å². The molecule has 3 aromatic rings. The lowest BCUT2D eigenvalue weighted by molar-refractivity contribution is -0.141. The average molecular weight is 430 g/mol.